The predicted molar refractivity (Wildman–Crippen MR) is 76.0 cm³/mol. The van der Waals surface area contributed by atoms with Crippen molar-refractivity contribution in [2.75, 3.05) is 11.2 Å². The summed E-state index contributed by atoms with van der Waals surface area (Å²) in [6.07, 6.45) is 6.14. The summed E-state index contributed by atoms with van der Waals surface area (Å²) in [6.45, 7) is 0.765. The number of rotatable bonds is 4. The van der Waals surface area contributed by atoms with Crippen molar-refractivity contribution in [3.8, 4) is 0 Å². The van der Waals surface area contributed by atoms with Gasteiger partial charge in [-0.2, -0.15) is 0 Å². The molecule has 1 nitrogen and oxygen atoms in total. The Morgan fingerprint density at radius 1 is 1.12 bits per heavy atom. The summed E-state index contributed by atoms with van der Waals surface area (Å²) in [6, 6.07) is 6.99. The molecule has 0 radical (unpaired) electrons. The number of ether oxygens (including phenoxy) is 1. The summed E-state index contributed by atoms with van der Waals surface area (Å²) in [4.78, 5) is 0. The second kappa shape index (κ2) is 6.14. The van der Waals surface area contributed by atoms with E-state index in [1.807, 2.05) is 12.1 Å². The highest BCUT2D eigenvalue weighted by molar-refractivity contribution is 14.1. The third-order valence-corrected chi connectivity index (χ3v) is 4.16. The summed E-state index contributed by atoms with van der Waals surface area (Å²) in [5, 5.41) is 0. The molecule has 0 aliphatic heterocycles. The van der Waals surface area contributed by atoms with Crippen LogP contribution in [0.5, 0.6) is 0 Å². The zero-order chi connectivity index (χ0) is 12.1. The fourth-order valence-electron chi connectivity index (χ4n) is 2.78. The Labute approximate surface area is 116 Å². The molecule has 0 N–H and O–H groups in total. The van der Waals surface area contributed by atoms with Crippen LogP contribution in [0, 0.1) is 5.82 Å². The Kier molecular flexibility index (Phi) is 4.79. The molecule has 0 amide bonds. The second-order valence-electron chi connectivity index (χ2n) is 4.81. The van der Waals surface area contributed by atoms with E-state index in [1.54, 1.807) is 12.1 Å². The summed E-state index contributed by atoms with van der Waals surface area (Å²) in [5.74, 6) is -0.158. The zero-order valence-corrected chi connectivity index (χ0v) is 12.1. The molecule has 0 heterocycles. The Bertz CT molecular complexity index is 344. The first-order chi connectivity index (χ1) is 8.27. The molecule has 0 spiro atoms. The van der Waals surface area contributed by atoms with Gasteiger partial charge in [0.15, 0.2) is 0 Å². The lowest BCUT2D eigenvalue weighted by Gasteiger charge is -2.37. The maximum absolute atomic E-state index is 13.0. The maximum atomic E-state index is 13.0. The van der Waals surface area contributed by atoms with Gasteiger partial charge in [0.25, 0.3) is 0 Å². The number of halogens is 2. The van der Waals surface area contributed by atoms with E-state index in [9.17, 15) is 4.39 Å². The fourth-order valence-corrected chi connectivity index (χ4v) is 3.00. The normalized spacial score (nSPS) is 19.2. The van der Waals surface area contributed by atoms with E-state index in [-0.39, 0.29) is 11.2 Å². The van der Waals surface area contributed by atoms with Crippen LogP contribution >= 0.6 is 22.6 Å². The quantitative estimate of drug-likeness (QED) is 0.578. The van der Waals surface area contributed by atoms with Crippen molar-refractivity contribution in [1.29, 1.82) is 0 Å². The Balaban J connectivity index is 2.21. The van der Waals surface area contributed by atoms with Gasteiger partial charge in [0.05, 0.1) is 11.2 Å². The molecule has 1 aliphatic rings. The molecule has 0 bridgehead atoms. The van der Waals surface area contributed by atoms with Crippen molar-refractivity contribution < 1.29 is 9.13 Å². The van der Waals surface area contributed by atoms with E-state index < -0.39 is 0 Å². The third kappa shape index (κ3) is 3.19. The monoisotopic (exact) mass is 348 g/mol. The molecule has 1 fully saturated rings. The average Bonchev–Trinajstić information content (AvgIpc) is 2.38. The summed E-state index contributed by atoms with van der Waals surface area (Å²) >= 11 is 2.23. The fraction of sp³-hybridized carbons (Fsp3) is 0.571. The van der Waals surface area contributed by atoms with Crippen molar-refractivity contribution in [2.45, 2.75) is 37.5 Å². The third-order valence-electron chi connectivity index (χ3n) is 3.72. The van der Waals surface area contributed by atoms with E-state index in [4.69, 9.17) is 4.74 Å². The van der Waals surface area contributed by atoms with Gasteiger partial charge in [0.2, 0.25) is 0 Å². The predicted octanol–water partition coefficient (Wildman–Crippen LogP) is 4.44. The molecule has 1 saturated carbocycles. The molecule has 0 atom stereocenters. The van der Waals surface area contributed by atoms with Gasteiger partial charge in [-0.15, -0.1) is 0 Å². The van der Waals surface area contributed by atoms with Crippen molar-refractivity contribution in [3.05, 3.63) is 35.6 Å². The van der Waals surface area contributed by atoms with Crippen LogP contribution in [0.1, 0.15) is 37.7 Å². The molecule has 0 saturated heterocycles. The minimum atomic E-state index is -0.158. The molecule has 17 heavy (non-hydrogen) atoms. The highest BCUT2D eigenvalue weighted by Crippen LogP contribution is 2.39. The lowest BCUT2D eigenvalue weighted by molar-refractivity contribution is 0.0986. The van der Waals surface area contributed by atoms with Crippen LogP contribution in [0.15, 0.2) is 24.3 Å². The Morgan fingerprint density at radius 2 is 1.76 bits per heavy atom. The Morgan fingerprint density at radius 3 is 2.35 bits per heavy atom. The molecular formula is C14H18FIO. The SMILES string of the molecule is Fc1ccc(C2(COCI)CCCCC2)cc1. The van der Waals surface area contributed by atoms with E-state index in [0.717, 1.165) is 24.1 Å². The molecular weight excluding hydrogens is 330 g/mol. The van der Waals surface area contributed by atoms with Crippen LogP contribution in [-0.2, 0) is 10.2 Å². The van der Waals surface area contributed by atoms with Crippen LogP contribution in [-0.4, -0.2) is 11.2 Å². The maximum Gasteiger partial charge on any atom is 0.123 e. The van der Waals surface area contributed by atoms with E-state index in [0.29, 0.717) is 0 Å². The number of hydrogen-bond acceptors (Lipinski definition) is 1. The van der Waals surface area contributed by atoms with E-state index in [2.05, 4.69) is 22.6 Å². The van der Waals surface area contributed by atoms with Gasteiger partial charge in [0, 0.05) is 5.41 Å². The summed E-state index contributed by atoms with van der Waals surface area (Å²) in [5.41, 5.74) is 1.36. The van der Waals surface area contributed by atoms with Gasteiger partial charge < -0.3 is 4.74 Å². The van der Waals surface area contributed by atoms with Crippen LogP contribution in [0.3, 0.4) is 0 Å². The van der Waals surface area contributed by atoms with Crippen molar-refractivity contribution >= 4 is 22.6 Å². The number of alkyl halides is 1. The number of benzene rings is 1. The molecule has 94 valence electrons. The highest BCUT2D eigenvalue weighted by Gasteiger charge is 2.34. The van der Waals surface area contributed by atoms with Crippen LogP contribution in [0.2, 0.25) is 0 Å². The van der Waals surface area contributed by atoms with Crippen LogP contribution in [0.4, 0.5) is 4.39 Å². The van der Waals surface area contributed by atoms with Gasteiger partial charge in [-0.1, -0.05) is 54.0 Å². The second-order valence-corrected chi connectivity index (χ2v) is 5.43. The average molecular weight is 348 g/mol. The van der Waals surface area contributed by atoms with Crippen molar-refractivity contribution in [1.82, 2.24) is 0 Å². The zero-order valence-electron chi connectivity index (χ0n) is 9.92. The summed E-state index contributed by atoms with van der Waals surface area (Å²) in [7, 11) is 0. The van der Waals surface area contributed by atoms with E-state index >= 15 is 0 Å². The molecule has 1 aromatic carbocycles. The number of hydrogen-bond donors (Lipinski definition) is 0. The standard InChI is InChI=1S/C14H18FIO/c15-13-6-4-12(5-7-13)14(10-17-11-16)8-2-1-3-9-14/h4-7H,1-3,8-11H2. The van der Waals surface area contributed by atoms with Gasteiger partial charge >= 0.3 is 0 Å². The smallest absolute Gasteiger partial charge is 0.123 e. The van der Waals surface area contributed by atoms with Crippen molar-refractivity contribution in [3.63, 3.8) is 0 Å². The van der Waals surface area contributed by atoms with Crippen LogP contribution < -0.4 is 0 Å². The van der Waals surface area contributed by atoms with Gasteiger partial charge in [-0.25, -0.2) is 4.39 Å². The first-order valence-corrected chi connectivity index (χ1v) is 7.69. The molecule has 0 aromatic heterocycles. The largest absolute Gasteiger partial charge is 0.370 e. The molecule has 1 aromatic rings. The summed E-state index contributed by atoms with van der Waals surface area (Å²) < 4.78 is 19.4. The Hall–Kier alpha value is -0.160. The lowest BCUT2D eigenvalue weighted by atomic mass is 9.70. The topological polar surface area (TPSA) is 9.23 Å². The minimum Gasteiger partial charge on any atom is -0.370 e. The molecule has 0 unspecified atom stereocenters. The van der Waals surface area contributed by atoms with Gasteiger partial charge in [-0.3, -0.25) is 0 Å². The molecule has 1 aliphatic carbocycles. The van der Waals surface area contributed by atoms with Gasteiger partial charge in [-0.05, 0) is 30.5 Å². The highest BCUT2D eigenvalue weighted by atomic mass is 127. The van der Waals surface area contributed by atoms with Crippen LogP contribution in [0.25, 0.3) is 0 Å². The minimum absolute atomic E-state index is 0.122. The first kappa shape index (κ1) is 13.3. The molecule has 2 rings (SSSR count). The van der Waals surface area contributed by atoms with Gasteiger partial charge in [0.1, 0.15) is 5.82 Å². The van der Waals surface area contributed by atoms with E-state index in [1.165, 1.54) is 24.8 Å². The lowest BCUT2D eigenvalue weighted by Crippen LogP contribution is -2.34. The van der Waals surface area contributed by atoms with Crippen molar-refractivity contribution in [2.24, 2.45) is 0 Å². The molecule has 3 heteroatoms. The first-order valence-electron chi connectivity index (χ1n) is 6.17.